The Morgan fingerprint density at radius 2 is 1.96 bits per heavy atom. The zero-order chi connectivity index (χ0) is 32.8. The minimum atomic E-state index is -0.557. The van der Waals surface area contributed by atoms with Crippen molar-refractivity contribution in [1.29, 1.82) is 5.26 Å². The second-order valence-electron chi connectivity index (χ2n) is 14.2. The number of halogens is 1. The molecule has 0 radical (unpaired) electrons. The molecule has 3 saturated heterocycles. The van der Waals surface area contributed by atoms with Gasteiger partial charge in [-0.3, -0.25) is 0 Å². The molecular weight excluding hydrogens is 604 g/mol. The number of piperidine rings is 1. The van der Waals surface area contributed by atoms with Gasteiger partial charge in [0.15, 0.2) is 12.0 Å². The zero-order valence-corrected chi connectivity index (χ0v) is 28.8. The minimum absolute atomic E-state index is 0.0610. The van der Waals surface area contributed by atoms with Gasteiger partial charge in [0, 0.05) is 50.3 Å². The molecule has 0 bridgehead atoms. The summed E-state index contributed by atoms with van der Waals surface area (Å²) in [6.07, 6.45) is 6.69. The molecule has 1 N–H and O–H groups in total. The van der Waals surface area contributed by atoms with Gasteiger partial charge in [0.1, 0.15) is 17.4 Å². The van der Waals surface area contributed by atoms with E-state index in [1.54, 1.807) is 4.90 Å². The maximum atomic E-state index is 12.8. The van der Waals surface area contributed by atoms with Crippen LogP contribution in [0.3, 0.4) is 0 Å². The molecule has 11 nitrogen and oxygen atoms in total. The molecule has 0 aliphatic carbocycles. The van der Waals surface area contributed by atoms with Gasteiger partial charge in [-0.25, -0.2) is 14.2 Å². The minimum Gasteiger partial charge on any atom is -0.444 e. The first-order valence-electron chi connectivity index (χ1n) is 16.7. The lowest BCUT2D eigenvalue weighted by Crippen LogP contribution is -2.60. The monoisotopic (exact) mass is 650 g/mol. The molecule has 46 heavy (non-hydrogen) atoms. The standard InChI is InChI=1S/C34H47ClN8O3/c1-7-34(6)21-37-13-16-41(34)31-29(26(19-36)42(39-31)23-11-14-40(15-12-23)32(44)46-33(3,4)5)28-24-20-38-43(27-10-8-9-17-45-27)25(24)18-22(2)30(28)35/h18,20,23,27,37H,7-17,21H2,1-6H3/t27?,34-/m0/s1. The van der Waals surface area contributed by atoms with E-state index >= 15 is 0 Å². The number of aromatic nitrogens is 4. The molecule has 12 heteroatoms. The number of rotatable bonds is 5. The number of nitriles is 1. The van der Waals surface area contributed by atoms with Crippen LogP contribution in [0.4, 0.5) is 10.6 Å². The van der Waals surface area contributed by atoms with Gasteiger partial charge >= 0.3 is 6.09 Å². The van der Waals surface area contributed by atoms with Crippen LogP contribution >= 0.6 is 11.6 Å². The molecule has 2 atom stereocenters. The molecule has 3 fully saturated rings. The van der Waals surface area contributed by atoms with Crippen molar-refractivity contribution in [1.82, 2.24) is 29.8 Å². The third-order valence-corrected chi connectivity index (χ3v) is 10.3. The van der Waals surface area contributed by atoms with E-state index in [-0.39, 0.29) is 23.9 Å². The molecule has 2 aromatic heterocycles. The lowest BCUT2D eigenvalue weighted by Gasteiger charge is -2.45. The number of likely N-dealkylation sites (tertiary alicyclic amines) is 1. The zero-order valence-electron chi connectivity index (χ0n) is 28.0. The molecule has 248 valence electrons. The summed E-state index contributed by atoms with van der Waals surface area (Å²) in [7, 11) is 0. The molecular formula is C34H47ClN8O3. The molecule has 5 heterocycles. The Morgan fingerprint density at radius 3 is 2.61 bits per heavy atom. The molecule has 0 spiro atoms. The van der Waals surface area contributed by atoms with E-state index in [0.717, 1.165) is 78.7 Å². The van der Waals surface area contributed by atoms with Crippen LogP contribution in [-0.4, -0.2) is 81.0 Å². The summed E-state index contributed by atoms with van der Waals surface area (Å²) >= 11 is 7.24. The van der Waals surface area contributed by atoms with Crippen molar-refractivity contribution in [2.45, 2.75) is 103 Å². The van der Waals surface area contributed by atoms with Crippen LogP contribution in [0.1, 0.15) is 96.7 Å². The normalized spacial score (nSPS) is 23.1. The van der Waals surface area contributed by atoms with Gasteiger partial charge in [-0.1, -0.05) is 18.5 Å². The number of nitrogens with zero attached hydrogens (tertiary/aromatic N) is 7. The number of carbonyl (C=O) groups is 1. The van der Waals surface area contributed by atoms with E-state index in [4.69, 9.17) is 31.3 Å². The fourth-order valence-electron chi connectivity index (χ4n) is 7.11. The lowest BCUT2D eigenvalue weighted by molar-refractivity contribution is -0.0366. The second kappa shape index (κ2) is 12.7. The average molecular weight is 651 g/mol. The number of hydrogen-bond donors (Lipinski definition) is 1. The quantitative estimate of drug-likeness (QED) is 0.329. The van der Waals surface area contributed by atoms with Crippen LogP contribution in [0.5, 0.6) is 0 Å². The van der Waals surface area contributed by atoms with E-state index in [2.05, 4.69) is 36.2 Å². The summed E-state index contributed by atoms with van der Waals surface area (Å²) in [5.74, 6) is 0.771. The third kappa shape index (κ3) is 5.96. The maximum absolute atomic E-state index is 12.8. The van der Waals surface area contributed by atoms with Crippen LogP contribution in [0.2, 0.25) is 5.02 Å². The highest BCUT2D eigenvalue weighted by molar-refractivity contribution is 6.36. The van der Waals surface area contributed by atoms with Gasteiger partial charge in [-0.15, -0.1) is 0 Å². The maximum Gasteiger partial charge on any atom is 0.410 e. The van der Waals surface area contributed by atoms with E-state index in [1.165, 1.54) is 0 Å². The predicted molar refractivity (Wildman–Crippen MR) is 179 cm³/mol. The second-order valence-corrected chi connectivity index (χ2v) is 14.6. The smallest absolute Gasteiger partial charge is 0.410 e. The fraction of sp³-hybridized carbons (Fsp3) is 0.647. The molecule has 6 rings (SSSR count). The van der Waals surface area contributed by atoms with E-state index in [1.807, 2.05) is 43.3 Å². The van der Waals surface area contributed by atoms with Crippen LogP contribution < -0.4 is 10.2 Å². The third-order valence-electron chi connectivity index (χ3n) is 9.85. The number of hydrogen-bond acceptors (Lipinski definition) is 8. The van der Waals surface area contributed by atoms with E-state index < -0.39 is 5.60 Å². The molecule has 3 aromatic rings. The number of ether oxygens (including phenoxy) is 2. The summed E-state index contributed by atoms with van der Waals surface area (Å²) in [6, 6.07) is 4.57. The predicted octanol–water partition coefficient (Wildman–Crippen LogP) is 6.58. The van der Waals surface area contributed by atoms with Crippen LogP contribution in [0, 0.1) is 18.3 Å². The molecule has 3 aliphatic rings. The van der Waals surface area contributed by atoms with Crippen molar-refractivity contribution in [3.8, 4) is 17.2 Å². The Morgan fingerprint density at radius 1 is 1.20 bits per heavy atom. The Hall–Kier alpha value is -3.33. The Kier molecular flexibility index (Phi) is 9.00. The van der Waals surface area contributed by atoms with Gasteiger partial charge in [-0.05, 0) is 84.8 Å². The van der Waals surface area contributed by atoms with Gasteiger partial charge in [0.05, 0.1) is 33.9 Å². The van der Waals surface area contributed by atoms with Crippen molar-refractivity contribution in [3.05, 3.63) is 28.5 Å². The highest BCUT2D eigenvalue weighted by Gasteiger charge is 2.40. The number of fused-ring (bicyclic) bond motifs is 1. The first-order valence-corrected chi connectivity index (χ1v) is 17.1. The molecule has 1 unspecified atom stereocenters. The number of anilines is 1. The van der Waals surface area contributed by atoms with E-state index in [0.29, 0.717) is 43.3 Å². The van der Waals surface area contributed by atoms with Crippen LogP contribution in [0.25, 0.3) is 22.0 Å². The van der Waals surface area contributed by atoms with Gasteiger partial charge in [0.2, 0.25) is 0 Å². The average Bonchev–Trinajstić information content (AvgIpc) is 3.63. The topological polar surface area (TPSA) is 113 Å². The summed E-state index contributed by atoms with van der Waals surface area (Å²) in [5.41, 5.74) is 3.11. The van der Waals surface area contributed by atoms with E-state index in [9.17, 15) is 10.1 Å². The van der Waals surface area contributed by atoms with Gasteiger partial charge in [0.25, 0.3) is 0 Å². The Balaban J connectivity index is 1.49. The highest BCUT2D eigenvalue weighted by atomic mass is 35.5. The van der Waals surface area contributed by atoms with Crippen LogP contribution in [-0.2, 0) is 9.47 Å². The largest absolute Gasteiger partial charge is 0.444 e. The number of nitrogens with one attached hydrogen (secondary N) is 1. The number of piperazine rings is 1. The number of amides is 1. The summed E-state index contributed by atoms with van der Waals surface area (Å²) in [5, 5.41) is 26.1. The van der Waals surface area contributed by atoms with Gasteiger partial charge < -0.3 is 24.6 Å². The Labute approximate surface area is 276 Å². The molecule has 0 saturated carbocycles. The van der Waals surface area contributed by atoms with Crippen molar-refractivity contribution in [2.75, 3.05) is 44.2 Å². The lowest BCUT2D eigenvalue weighted by atomic mass is 9.92. The molecule has 1 amide bonds. The summed E-state index contributed by atoms with van der Waals surface area (Å²) in [4.78, 5) is 17.0. The Bertz CT molecular complexity index is 1640. The van der Waals surface area contributed by atoms with Gasteiger partial charge in [-0.2, -0.15) is 15.5 Å². The molecule has 1 aromatic carbocycles. The van der Waals surface area contributed by atoms with Crippen molar-refractivity contribution in [3.63, 3.8) is 0 Å². The SMILES string of the molecule is CC[C@@]1(C)CNCCN1c1nn(C2CCN(C(=O)OC(C)(C)C)CC2)c(C#N)c1-c1c(Cl)c(C)cc2c1cnn2C1CCCCO1. The first-order chi connectivity index (χ1) is 22.0. The van der Waals surface area contributed by atoms with Crippen molar-refractivity contribution < 1.29 is 14.3 Å². The van der Waals surface area contributed by atoms with Crippen LogP contribution in [0.15, 0.2) is 12.3 Å². The van der Waals surface area contributed by atoms with Crippen molar-refractivity contribution in [2.24, 2.45) is 0 Å². The van der Waals surface area contributed by atoms with Crippen molar-refractivity contribution >= 4 is 34.4 Å². The first kappa shape index (κ1) is 32.6. The summed E-state index contributed by atoms with van der Waals surface area (Å²) in [6.45, 7) is 16.2. The molecule has 3 aliphatic heterocycles. The summed E-state index contributed by atoms with van der Waals surface area (Å²) < 4.78 is 15.7. The highest BCUT2D eigenvalue weighted by Crippen LogP contribution is 2.47. The number of benzene rings is 1. The fourth-order valence-corrected chi connectivity index (χ4v) is 7.36. The number of carbonyl (C=O) groups excluding carboxylic acids is 1. The number of aryl methyl sites for hydroxylation is 1.